The van der Waals surface area contributed by atoms with E-state index in [9.17, 15) is 0 Å². The van der Waals surface area contributed by atoms with Crippen LogP contribution in [0.5, 0.6) is 0 Å². The van der Waals surface area contributed by atoms with Gasteiger partial charge in [0.25, 0.3) is 6.71 Å². The molecule has 0 aromatic heterocycles. The Labute approximate surface area is 360 Å². The van der Waals surface area contributed by atoms with Crippen LogP contribution in [-0.4, -0.2) is 12.3 Å². The van der Waals surface area contributed by atoms with Gasteiger partial charge >= 0.3 is 0 Å². The molecule has 2 unspecified atom stereocenters. The average Bonchev–Trinajstić information content (AvgIpc) is 3.42. The van der Waals surface area contributed by atoms with Crippen molar-refractivity contribution in [3.63, 3.8) is 0 Å². The van der Waals surface area contributed by atoms with Crippen molar-refractivity contribution in [2.75, 3.05) is 14.7 Å². The maximum atomic E-state index is 2.88. The molecule has 0 amide bonds. The van der Waals surface area contributed by atoms with Crippen molar-refractivity contribution in [3.8, 4) is 0 Å². The fraction of sp³-hybridized carbons (Fsp3) is 0.357. The van der Waals surface area contributed by atoms with E-state index < -0.39 is 0 Å². The van der Waals surface area contributed by atoms with Gasteiger partial charge < -0.3 is 14.7 Å². The first-order chi connectivity index (χ1) is 28.4. The van der Waals surface area contributed by atoms with Gasteiger partial charge in [-0.05, 0) is 129 Å². The summed E-state index contributed by atoms with van der Waals surface area (Å²) in [6, 6.07) is 49.1. The third-order valence-corrected chi connectivity index (χ3v) is 15.0. The number of benzene rings is 6. The first-order valence-electron chi connectivity index (χ1n) is 22.5. The van der Waals surface area contributed by atoms with Gasteiger partial charge in [0.15, 0.2) is 0 Å². The Kier molecular flexibility index (Phi) is 8.53. The third-order valence-electron chi connectivity index (χ3n) is 15.0. The highest BCUT2D eigenvalue weighted by molar-refractivity contribution is 7.00. The molecule has 0 bridgehead atoms. The van der Waals surface area contributed by atoms with Crippen molar-refractivity contribution >= 4 is 68.6 Å². The highest BCUT2D eigenvalue weighted by Crippen LogP contribution is 2.62. The van der Waals surface area contributed by atoms with Crippen molar-refractivity contribution in [2.45, 2.75) is 129 Å². The van der Waals surface area contributed by atoms with Crippen molar-refractivity contribution in [1.82, 2.24) is 0 Å². The molecule has 0 saturated heterocycles. The zero-order valence-corrected chi connectivity index (χ0v) is 37.9. The Morgan fingerprint density at radius 1 is 0.517 bits per heavy atom. The maximum Gasteiger partial charge on any atom is 0.252 e. The minimum absolute atomic E-state index is 0.00114. The quantitative estimate of drug-likeness (QED) is 0.165. The van der Waals surface area contributed by atoms with Crippen LogP contribution < -0.4 is 31.1 Å². The van der Waals surface area contributed by atoms with E-state index in [2.05, 4.69) is 218 Å². The first kappa shape index (κ1) is 39.0. The van der Waals surface area contributed by atoms with Gasteiger partial charge in [0.2, 0.25) is 0 Å². The zero-order chi connectivity index (χ0) is 42.1. The normalized spacial score (nSPS) is 20.4. The lowest BCUT2D eigenvalue weighted by Crippen LogP contribution is -2.64. The number of para-hydroxylation sites is 2. The second kappa shape index (κ2) is 13.1. The molecular formula is C56H62BN3. The molecular weight excluding hydrogens is 725 g/mol. The van der Waals surface area contributed by atoms with Gasteiger partial charge in [-0.2, -0.15) is 0 Å². The molecule has 6 aromatic carbocycles. The van der Waals surface area contributed by atoms with Crippen LogP contribution in [0.15, 0.2) is 127 Å². The van der Waals surface area contributed by atoms with E-state index >= 15 is 0 Å². The van der Waals surface area contributed by atoms with E-state index in [1.165, 1.54) is 86.5 Å². The summed E-state index contributed by atoms with van der Waals surface area (Å²) >= 11 is 0. The van der Waals surface area contributed by atoms with E-state index in [0.29, 0.717) is 0 Å². The Morgan fingerprint density at radius 2 is 1.07 bits per heavy atom. The summed E-state index contributed by atoms with van der Waals surface area (Å²) < 4.78 is 0. The summed E-state index contributed by atoms with van der Waals surface area (Å²) in [5, 5.41) is 0. The van der Waals surface area contributed by atoms with Crippen molar-refractivity contribution in [1.29, 1.82) is 0 Å². The fourth-order valence-corrected chi connectivity index (χ4v) is 11.3. The number of anilines is 8. The monoisotopic (exact) mass is 788 g/mol. The van der Waals surface area contributed by atoms with Gasteiger partial charge in [0, 0.05) is 45.2 Å². The van der Waals surface area contributed by atoms with E-state index in [4.69, 9.17) is 0 Å². The van der Waals surface area contributed by atoms with E-state index in [1.807, 2.05) is 0 Å². The molecule has 4 heteroatoms. The Morgan fingerprint density at radius 3 is 1.67 bits per heavy atom. The smallest absolute Gasteiger partial charge is 0.252 e. The molecule has 304 valence electrons. The summed E-state index contributed by atoms with van der Waals surface area (Å²) in [4.78, 5) is 7.97. The highest BCUT2D eigenvalue weighted by Gasteiger charge is 2.61. The van der Waals surface area contributed by atoms with E-state index in [0.717, 1.165) is 17.8 Å². The van der Waals surface area contributed by atoms with Crippen LogP contribution >= 0.6 is 0 Å². The minimum Gasteiger partial charge on any atom is -0.335 e. The van der Waals surface area contributed by atoms with Gasteiger partial charge in [0.1, 0.15) is 0 Å². The van der Waals surface area contributed by atoms with Crippen LogP contribution in [0.25, 0.3) is 0 Å². The van der Waals surface area contributed by atoms with Crippen molar-refractivity contribution < 1.29 is 0 Å². The summed E-state index contributed by atoms with van der Waals surface area (Å²) in [6.07, 6.45) is 4.87. The molecule has 1 aliphatic carbocycles. The van der Waals surface area contributed by atoms with Crippen LogP contribution in [0.4, 0.5) is 45.5 Å². The zero-order valence-electron chi connectivity index (χ0n) is 37.9. The summed E-state index contributed by atoms with van der Waals surface area (Å²) in [5.41, 5.74) is 20.1. The lowest BCUT2D eigenvalue weighted by atomic mass is 9.33. The maximum absolute atomic E-state index is 2.88. The predicted octanol–water partition coefficient (Wildman–Crippen LogP) is 13.4. The number of fused-ring (bicyclic) bond motifs is 7. The summed E-state index contributed by atoms with van der Waals surface area (Å²) in [6.45, 7) is 26.5. The SMILES string of the molecule is CC(C)(C)c1ccc(N2c3ccc(C(C)(C)C)cc3B3c4cc(C(C)(C)C)cc5c4N(c4cc(N(c6ccccc6)c6ccccc6)cc2c43)C2(C)CCCCC52C)cc1. The van der Waals surface area contributed by atoms with Gasteiger partial charge in [0.05, 0.1) is 11.2 Å². The minimum atomic E-state index is -0.0900. The number of rotatable bonds is 4. The molecule has 10 rings (SSSR count). The second-order valence-corrected chi connectivity index (χ2v) is 21.9. The third kappa shape index (κ3) is 5.69. The lowest BCUT2D eigenvalue weighted by molar-refractivity contribution is 0.195. The van der Waals surface area contributed by atoms with Crippen molar-refractivity contribution in [3.05, 3.63) is 150 Å². The largest absolute Gasteiger partial charge is 0.335 e. The average molecular weight is 788 g/mol. The molecule has 6 aromatic rings. The number of nitrogens with zero attached hydrogens (tertiary/aromatic N) is 3. The standard InChI is InChI=1S/C56H62BN3/c1-52(2,3)37-24-27-42(28-25-37)59-47-29-26-38(53(4,5)6)33-45(47)57-46-34-39(54(7,8)9)32-44-51(46)60(56(11)31-19-18-30-55(44,56)10)49-36-43(35-48(59)50(49)57)58(40-20-14-12-15-21-40)41-22-16-13-17-23-41/h12-17,20-29,32-36H,18-19,30-31H2,1-11H3. The van der Waals surface area contributed by atoms with Crippen LogP contribution in [0.3, 0.4) is 0 Å². The Balaban J connectivity index is 1.36. The highest BCUT2D eigenvalue weighted by atomic mass is 15.3. The van der Waals surface area contributed by atoms with Crippen LogP contribution in [0.1, 0.15) is 124 Å². The van der Waals surface area contributed by atoms with Gasteiger partial charge in [-0.3, -0.25) is 0 Å². The van der Waals surface area contributed by atoms with Crippen LogP contribution in [0.2, 0.25) is 0 Å². The molecule has 60 heavy (non-hydrogen) atoms. The van der Waals surface area contributed by atoms with Gasteiger partial charge in [-0.25, -0.2) is 0 Å². The molecule has 0 N–H and O–H groups in total. The van der Waals surface area contributed by atoms with Gasteiger partial charge in [-0.15, -0.1) is 0 Å². The predicted molar refractivity (Wildman–Crippen MR) is 259 cm³/mol. The molecule has 1 saturated carbocycles. The first-order valence-corrected chi connectivity index (χ1v) is 22.5. The molecule has 1 fully saturated rings. The molecule has 3 nitrogen and oxygen atoms in total. The molecule has 0 radical (unpaired) electrons. The molecule has 0 spiro atoms. The molecule has 3 aliphatic heterocycles. The van der Waals surface area contributed by atoms with E-state index in [1.54, 1.807) is 5.56 Å². The van der Waals surface area contributed by atoms with Gasteiger partial charge in [-0.1, -0.05) is 155 Å². The van der Waals surface area contributed by atoms with E-state index in [-0.39, 0.29) is 33.9 Å². The number of hydrogen-bond acceptors (Lipinski definition) is 3. The van der Waals surface area contributed by atoms with Crippen molar-refractivity contribution in [2.24, 2.45) is 0 Å². The molecule has 2 atom stereocenters. The topological polar surface area (TPSA) is 9.72 Å². The Hall–Kier alpha value is -5.22. The molecule has 3 heterocycles. The Bertz CT molecular complexity index is 2600. The fourth-order valence-electron chi connectivity index (χ4n) is 11.3. The lowest BCUT2D eigenvalue weighted by Gasteiger charge is -2.53. The number of hydrogen-bond donors (Lipinski definition) is 0. The summed E-state index contributed by atoms with van der Waals surface area (Å²) in [5.74, 6) is 0. The van der Waals surface area contributed by atoms with Crippen LogP contribution in [0, 0.1) is 0 Å². The molecule has 4 aliphatic rings. The second-order valence-electron chi connectivity index (χ2n) is 21.9. The van der Waals surface area contributed by atoms with Crippen LogP contribution in [-0.2, 0) is 21.7 Å². The summed E-state index contributed by atoms with van der Waals surface area (Å²) in [7, 11) is 0.